The summed E-state index contributed by atoms with van der Waals surface area (Å²) in [5, 5.41) is 3.06. The average molecular weight is 265 g/mol. The van der Waals surface area contributed by atoms with E-state index in [4.69, 9.17) is 9.47 Å². The molecule has 1 N–H and O–H groups in total. The third-order valence-electron chi connectivity index (χ3n) is 3.03. The molecular formula is C10H19NO5S. The number of carbonyl (C=O) groups is 1. The van der Waals surface area contributed by atoms with Crippen molar-refractivity contribution in [3.8, 4) is 0 Å². The van der Waals surface area contributed by atoms with Crippen molar-refractivity contribution in [3.05, 3.63) is 0 Å². The summed E-state index contributed by atoms with van der Waals surface area (Å²) < 4.78 is 32.4. The molecule has 1 heterocycles. The van der Waals surface area contributed by atoms with E-state index < -0.39 is 21.3 Å². The third kappa shape index (κ3) is 3.65. The Hall–Kier alpha value is -0.660. The second kappa shape index (κ2) is 5.79. The molecule has 1 rings (SSSR count). The number of carbonyl (C=O) groups excluding carboxylic acids is 1. The number of nitrogens with one attached hydrogen (secondary N) is 1. The van der Waals surface area contributed by atoms with Gasteiger partial charge in [0.1, 0.15) is 15.4 Å². The highest BCUT2D eigenvalue weighted by Crippen LogP contribution is 2.25. The van der Waals surface area contributed by atoms with E-state index in [2.05, 4.69) is 5.32 Å². The highest BCUT2D eigenvalue weighted by molar-refractivity contribution is 7.91. The van der Waals surface area contributed by atoms with Gasteiger partial charge in [0.15, 0.2) is 0 Å². The van der Waals surface area contributed by atoms with E-state index in [1.54, 1.807) is 7.11 Å². The van der Waals surface area contributed by atoms with Gasteiger partial charge in [-0.05, 0) is 12.8 Å². The maximum atomic E-state index is 11.8. The van der Waals surface area contributed by atoms with E-state index >= 15 is 0 Å². The summed E-state index contributed by atoms with van der Waals surface area (Å²) >= 11 is 0. The minimum atomic E-state index is -3.01. The van der Waals surface area contributed by atoms with Crippen LogP contribution in [0, 0.1) is 0 Å². The Labute approximate surface area is 102 Å². The number of hydrogen-bond acceptors (Lipinski definition) is 6. The van der Waals surface area contributed by atoms with E-state index in [-0.39, 0.29) is 24.3 Å². The summed E-state index contributed by atoms with van der Waals surface area (Å²) in [5.41, 5.74) is -0.876. The van der Waals surface area contributed by atoms with Crippen LogP contribution in [0.1, 0.15) is 12.8 Å². The lowest BCUT2D eigenvalue weighted by Gasteiger charge is -2.35. The van der Waals surface area contributed by atoms with Gasteiger partial charge in [-0.2, -0.15) is 0 Å². The summed E-state index contributed by atoms with van der Waals surface area (Å²) in [6.45, 7) is 0.955. The van der Waals surface area contributed by atoms with Crippen LogP contribution >= 0.6 is 0 Å². The number of sulfone groups is 1. The van der Waals surface area contributed by atoms with Crippen molar-refractivity contribution in [2.75, 3.05) is 38.9 Å². The maximum absolute atomic E-state index is 11.8. The number of esters is 1. The van der Waals surface area contributed by atoms with Gasteiger partial charge in [-0.25, -0.2) is 8.42 Å². The van der Waals surface area contributed by atoms with Crippen LogP contribution in [0.5, 0.6) is 0 Å². The Morgan fingerprint density at radius 1 is 1.29 bits per heavy atom. The number of hydrogen-bond donors (Lipinski definition) is 1. The smallest absolute Gasteiger partial charge is 0.326 e. The molecule has 7 heteroatoms. The Kier molecular flexibility index (Phi) is 4.91. The first-order chi connectivity index (χ1) is 7.96. The first-order valence-corrected chi connectivity index (χ1v) is 7.31. The normalized spacial score (nSPS) is 22.0. The van der Waals surface area contributed by atoms with Crippen molar-refractivity contribution >= 4 is 15.8 Å². The molecule has 1 fully saturated rings. The monoisotopic (exact) mass is 265 g/mol. The van der Waals surface area contributed by atoms with Gasteiger partial charge in [-0.3, -0.25) is 10.1 Å². The van der Waals surface area contributed by atoms with Crippen LogP contribution in [0.2, 0.25) is 0 Å². The summed E-state index contributed by atoms with van der Waals surface area (Å²) in [7, 11) is -0.127. The summed E-state index contributed by atoms with van der Waals surface area (Å²) in [6, 6.07) is 0. The third-order valence-corrected chi connectivity index (χ3v) is 4.68. The molecule has 0 atom stereocenters. The van der Waals surface area contributed by atoms with Gasteiger partial charge in [0.2, 0.25) is 0 Å². The van der Waals surface area contributed by atoms with Gasteiger partial charge in [0.05, 0.1) is 25.2 Å². The van der Waals surface area contributed by atoms with Crippen LogP contribution in [-0.4, -0.2) is 58.8 Å². The number of methoxy groups -OCH3 is 2. The lowest BCUT2D eigenvalue weighted by atomic mass is 9.92. The van der Waals surface area contributed by atoms with Crippen LogP contribution in [0.25, 0.3) is 0 Å². The first-order valence-electron chi connectivity index (χ1n) is 5.48. The average Bonchev–Trinajstić information content (AvgIpc) is 2.31. The van der Waals surface area contributed by atoms with Crippen molar-refractivity contribution < 1.29 is 22.7 Å². The van der Waals surface area contributed by atoms with Crippen LogP contribution in [0.4, 0.5) is 0 Å². The highest BCUT2D eigenvalue weighted by atomic mass is 32.2. The van der Waals surface area contributed by atoms with Crippen LogP contribution in [-0.2, 0) is 24.1 Å². The molecule has 1 aliphatic rings. The van der Waals surface area contributed by atoms with Crippen molar-refractivity contribution in [2.45, 2.75) is 18.4 Å². The SMILES string of the molecule is COCCNC1(C(=O)OC)CCS(=O)(=O)CC1. The molecule has 0 unspecified atom stereocenters. The van der Waals surface area contributed by atoms with Gasteiger partial charge in [0.25, 0.3) is 0 Å². The van der Waals surface area contributed by atoms with Crippen molar-refractivity contribution in [1.82, 2.24) is 5.32 Å². The summed E-state index contributed by atoms with van der Waals surface area (Å²) in [5.74, 6) is -0.368. The molecular weight excluding hydrogens is 246 g/mol. The summed E-state index contributed by atoms with van der Waals surface area (Å²) in [6.07, 6.45) is 0.511. The van der Waals surface area contributed by atoms with Gasteiger partial charge in [-0.15, -0.1) is 0 Å². The molecule has 0 aromatic rings. The first kappa shape index (κ1) is 14.4. The van der Waals surface area contributed by atoms with Crippen molar-refractivity contribution in [1.29, 1.82) is 0 Å². The fourth-order valence-electron chi connectivity index (χ4n) is 1.93. The van der Waals surface area contributed by atoms with Gasteiger partial charge >= 0.3 is 5.97 Å². The molecule has 0 radical (unpaired) electrons. The Balaban J connectivity index is 2.71. The highest BCUT2D eigenvalue weighted by Gasteiger charge is 2.43. The molecule has 0 aromatic carbocycles. The zero-order chi connectivity index (χ0) is 12.9. The molecule has 0 aliphatic carbocycles. The lowest BCUT2D eigenvalue weighted by molar-refractivity contribution is -0.149. The molecule has 17 heavy (non-hydrogen) atoms. The predicted octanol–water partition coefficient (Wildman–Crippen LogP) is -0.657. The second-order valence-corrected chi connectivity index (χ2v) is 6.45. The van der Waals surface area contributed by atoms with Gasteiger partial charge < -0.3 is 9.47 Å². The molecule has 0 bridgehead atoms. The molecule has 1 saturated heterocycles. The molecule has 0 saturated carbocycles. The molecule has 0 amide bonds. The fourth-order valence-corrected chi connectivity index (χ4v) is 3.45. The fraction of sp³-hybridized carbons (Fsp3) is 0.900. The van der Waals surface area contributed by atoms with E-state index in [0.29, 0.717) is 13.2 Å². The zero-order valence-corrected chi connectivity index (χ0v) is 11.0. The number of rotatable bonds is 5. The predicted molar refractivity (Wildman–Crippen MR) is 62.5 cm³/mol. The van der Waals surface area contributed by atoms with E-state index in [1.165, 1.54) is 7.11 Å². The molecule has 6 nitrogen and oxygen atoms in total. The minimum absolute atomic E-state index is 0.0160. The van der Waals surface area contributed by atoms with E-state index in [9.17, 15) is 13.2 Å². The van der Waals surface area contributed by atoms with Gasteiger partial charge in [-0.1, -0.05) is 0 Å². The second-order valence-electron chi connectivity index (χ2n) is 4.15. The van der Waals surface area contributed by atoms with E-state index in [1.807, 2.05) is 0 Å². The van der Waals surface area contributed by atoms with Crippen molar-refractivity contribution in [3.63, 3.8) is 0 Å². The standard InChI is InChI=1S/C10H19NO5S/c1-15-6-5-11-10(9(12)16-2)3-7-17(13,14)8-4-10/h11H,3-8H2,1-2H3. The quantitative estimate of drug-likeness (QED) is 0.525. The van der Waals surface area contributed by atoms with Crippen molar-refractivity contribution in [2.24, 2.45) is 0 Å². The minimum Gasteiger partial charge on any atom is -0.468 e. The Morgan fingerprint density at radius 3 is 2.35 bits per heavy atom. The molecule has 0 aromatic heterocycles. The van der Waals surface area contributed by atoms with Crippen LogP contribution in [0.15, 0.2) is 0 Å². The topological polar surface area (TPSA) is 81.7 Å². The lowest BCUT2D eigenvalue weighted by Crippen LogP contribution is -2.57. The largest absolute Gasteiger partial charge is 0.468 e. The Bertz CT molecular complexity index is 351. The molecule has 100 valence electrons. The zero-order valence-electron chi connectivity index (χ0n) is 10.2. The van der Waals surface area contributed by atoms with Crippen LogP contribution < -0.4 is 5.32 Å². The molecule has 1 aliphatic heterocycles. The van der Waals surface area contributed by atoms with E-state index in [0.717, 1.165) is 0 Å². The Morgan fingerprint density at radius 2 is 1.88 bits per heavy atom. The van der Waals surface area contributed by atoms with Gasteiger partial charge in [0, 0.05) is 13.7 Å². The summed E-state index contributed by atoms with van der Waals surface area (Å²) in [4.78, 5) is 11.8. The molecule has 0 spiro atoms. The van der Waals surface area contributed by atoms with Crippen LogP contribution in [0.3, 0.4) is 0 Å². The maximum Gasteiger partial charge on any atom is 0.326 e. The number of ether oxygens (including phenoxy) is 2.